The van der Waals surface area contributed by atoms with E-state index in [2.05, 4.69) is 4.98 Å². The minimum Gasteiger partial charge on any atom is -0.476 e. The summed E-state index contributed by atoms with van der Waals surface area (Å²) in [6.45, 7) is 1.63. The van der Waals surface area contributed by atoms with Gasteiger partial charge in [-0.3, -0.25) is 0 Å². The van der Waals surface area contributed by atoms with Gasteiger partial charge in [-0.05, 0) is 19.1 Å². The number of carboxylic acids is 1. The van der Waals surface area contributed by atoms with Gasteiger partial charge < -0.3 is 9.67 Å². The molecule has 0 amide bonds. The molecule has 2 rings (SSSR count). The highest BCUT2D eigenvalue weighted by molar-refractivity contribution is 5.85. The monoisotopic (exact) mass is 220 g/mol. The Morgan fingerprint density at radius 1 is 1.50 bits per heavy atom. The first-order valence-electron chi connectivity index (χ1n) is 4.62. The number of imidazole rings is 1. The predicted octanol–water partition coefficient (Wildman–Crippen LogP) is 2.02. The number of hydrogen-bond donors (Lipinski definition) is 1. The summed E-state index contributed by atoms with van der Waals surface area (Å²) in [6.07, 6.45) is 2.70. The first-order chi connectivity index (χ1) is 7.59. The Morgan fingerprint density at radius 3 is 2.88 bits per heavy atom. The molecule has 0 aliphatic heterocycles. The molecule has 0 aliphatic carbocycles. The molecule has 1 aromatic carbocycles. The molecule has 1 aromatic heterocycles. The lowest BCUT2D eigenvalue weighted by molar-refractivity contribution is 0.0691. The first-order valence-corrected chi connectivity index (χ1v) is 4.62. The highest BCUT2D eigenvalue weighted by Gasteiger charge is 2.10. The van der Waals surface area contributed by atoms with E-state index < -0.39 is 5.97 Å². The van der Waals surface area contributed by atoms with Gasteiger partial charge in [0, 0.05) is 11.8 Å². The number of hydrogen-bond acceptors (Lipinski definition) is 2. The van der Waals surface area contributed by atoms with Crippen molar-refractivity contribution in [3.05, 3.63) is 47.8 Å². The van der Waals surface area contributed by atoms with Crippen molar-refractivity contribution < 1.29 is 14.3 Å². The van der Waals surface area contributed by atoms with Crippen LogP contribution in [0.1, 0.15) is 16.1 Å². The number of nitrogens with zero attached hydrogens (tertiary/aromatic N) is 2. The summed E-state index contributed by atoms with van der Waals surface area (Å²) < 4.78 is 14.8. The van der Waals surface area contributed by atoms with Crippen LogP contribution in [0.4, 0.5) is 4.39 Å². The van der Waals surface area contributed by atoms with E-state index in [-0.39, 0.29) is 11.5 Å². The van der Waals surface area contributed by atoms with Gasteiger partial charge in [-0.1, -0.05) is 6.07 Å². The van der Waals surface area contributed by atoms with E-state index in [1.165, 1.54) is 23.2 Å². The van der Waals surface area contributed by atoms with Crippen LogP contribution in [-0.2, 0) is 0 Å². The lowest BCUT2D eigenvalue weighted by atomic mass is 10.2. The van der Waals surface area contributed by atoms with E-state index in [4.69, 9.17) is 5.11 Å². The fourth-order valence-corrected chi connectivity index (χ4v) is 1.44. The largest absolute Gasteiger partial charge is 0.476 e. The average Bonchev–Trinajstić information content (AvgIpc) is 2.71. The third-order valence-electron chi connectivity index (χ3n) is 2.32. The van der Waals surface area contributed by atoms with Gasteiger partial charge in [0.25, 0.3) is 0 Å². The molecule has 0 fully saturated rings. The Labute approximate surface area is 91.0 Å². The highest BCUT2D eigenvalue weighted by Crippen LogP contribution is 2.17. The minimum atomic E-state index is -1.10. The average molecular weight is 220 g/mol. The van der Waals surface area contributed by atoms with Crippen LogP contribution in [0.3, 0.4) is 0 Å². The summed E-state index contributed by atoms with van der Waals surface area (Å²) in [5.41, 5.74) is 0.973. The van der Waals surface area contributed by atoms with Crippen LogP contribution in [0.25, 0.3) is 5.69 Å². The van der Waals surface area contributed by atoms with Crippen LogP contribution in [0.15, 0.2) is 30.7 Å². The maximum absolute atomic E-state index is 13.3. The summed E-state index contributed by atoms with van der Waals surface area (Å²) in [5, 5.41) is 8.72. The minimum absolute atomic E-state index is 0.0661. The molecule has 1 heterocycles. The van der Waals surface area contributed by atoms with E-state index in [0.29, 0.717) is 11.3 Å². The molecule has 1 N–H and O–H groups in total. The fraction of sp³-hybridized carbons (Fsp3) is 0.0909. The third kappa shape index (κ3) is 1.67. The molecule has 2 aromatic rings. The van der Waals surface area contributed by atoms with Gasteiger partial charge >= 0.3 is 5.97 Å². The van der Waals surface area contributed by atoms with E-state index in [1.54, 1.807) is 19.1 Å². The standard InChI is InChI=1S/C11H9FN2O2/c1-7-8(12)3-2-4-10(7)14-5-9(11(15)16)13-6-14/h2-6H,1H3,(H,15,16). The molecule has 0 radical (unpaired) electrons. The Bertz CT molecular complexity index is 549. The first kappa shape index (κ1) is 10.4. The number of carbonyl (C=O) groups is 1. The van der Waals surface area contributed by atoms with Crippen LogP contribution in [-0.4, -0.2) is 20.6 Å². The lowest BCUT2D eigenvalue weighted by Gasteiger charge is -2.06. The van der Waals surface area contributed by atoms with Gasteiger partial charge in [-0.2, -0.15) is 0 Å². The predicted molar refractivity (Wildman–Crippen MR) is 55.2 cm³/mol. The number of aromatic nitrogens is 2. The van der Waals surface area contributed by atoms with Crippen molar-refractivity contribution >= 4 is 5.97 Å². The van der Waals surface area contributed by atoms with Crippen molar-refractivity contribution in [2.24, 2.45) is 0 Å². The van der Waals surface area contributed by atoms with Crippen LogP contribution in [0, 0.1) is 12.7 Å². The van der Waals surface area contributed by atoms with Gasteiger partial charge in [0.2, 0.25) is 0 Å². The van der Waals surface area contributed by atoms with Gasteiger partial charge in [-0.25, -0.2) is 14.2 Å². The van der Waals surface area contributed by atoms with Crippen molar-refractivity contribution in [2.45, 2.75) is 6.92 Å². The van der Waals surface area contributed by atoms with Crippen molar-refractivity contribution in [3.63, 3.8) is 0 Å². The summed E-state index contributed by atoms with van der Waals surface area (Å²) in [6, 6.07) is 4.62. The Balaban J connectivity index is 2.50. The van der Waals surface area contributed by atoms with Crippen LogP contribution in [0.5, 0.6) is 0 Å². The number of halogens is 1. The second-order valence-electron chi connectivity index (χ2n) is 3.36. The Morgan fingerprint density at radius 2 is 2.25 bits per heavy atom. The molecule has 16 heavy (non-hydrogen) atoms. The molecular weight excluding hydrogens is 211 g/mol. The van der Waals surface area contributed by atoms with Crippen LogP contribution in [0.2, 0.25) is 0 Å². The zero-order chi connectivity index (χ0) is 11.7. The van der Waals surface area contributed by atoms with Crippen LogP contribution < -0.4 is 0 Å². The number of carboxylic acid groups (broad SMARTS) is 1. The van der Waals surface area contributed by atoms with Gasteiger partial charge in [0.05, 0.1) is 5.69 Å². The molecule has 0 atom stereocenters. The molecule has 0 bridgehead atoms. The highest BCUT2D eigenvalue weighted by atomic mass is 19.1. The van der Waals surface area contributed by atoms with Crippen molar-refractivity contribution in [2.75, 3.05) is 0 Å². The summed E-state index contributed by atoms with van der Waals surface area (Å²) in [4.78, 5) is 14.4. The van der Waals surface area contributed by atoms with Gasteiger partial charge in [-0.15, -0.1) is 0 Å². The molecule has 82 valence electrons. The summed E-state index contributed by atoms with van der Waals surface area (Å²) in [5.74, 6) is -1.43. The van der Waals surface area contributed by atoms with E-state index in [0.717, 1.165) is 0 Å². The summed E-state index contributed by atoms with van der Waals surface area (Å²) in [7, 11) is 0. The van der Waals surface area contributed by atoms with Gasteiger partial charge in [0.15, 0.2) is 5.69 Å². The Hall–Kier alpha value is -2.17. The number of rotatable bonds is 2. The van der Waals surface area contributed by atoms with Crippen molar-refractivity contribution in [1.29, 1.82) is 0 Å². The molecule has 0 saturated carbocycles. The van der Waals surface area contributed by atoms with Gasteiger partial charge in [0.1, 0.15) is 12.1 Å². The SMILES string of the molecule is Cc1c(F)cccc1-n1cnc(C(=O)O)c1. The molecular formula is C11H9FN2O2. The molecule has 5 heteroatoms. The Kier molecular flexibility index (Phi) is 2.44. The molecule has 4 nitrogen and oxygen atoms in total. The molecule has 0 spiro atoms. The van der Waals surface area contributed by atoms with E-state index >= 15 is 0 Å². The topological polar surface area (TPSA) is 55.1 Å². The third-order valence-corrected chi connectivity index (χ3v) is 2.32. The molecule has 0 saturated heterocycles. The van der Waals surface area contributed by atoms with Crippen LogP contribution >= 0.6 is 0 Å². The summed E-state index contributed by atoms with van der Waals surface area (Å²) >= 11 is 0. The second-order valence-corrected chi connectivity index (χ2v) is 3.36. The van der Waals surface area contributed by atoms with Crippen molar-refractivity contribution in [1.82, 2.24) is 9.55 Å². The molecule has 0 unspecified atom stereocenters. The zero-order valence-electron chi connectivity index (χ0n) is 8.51. The smallest absolute Gasteiger partial charge is 0.356 e. The van der Waals surface area contributed by atoms with Crippen molar-refractivity contribution in [3.8, 4) is 5.69 Å². The fourth-order valence-electron chi connectivity index (χ4n) is 1.44. The van der Waals surface area contributed by atoms with E-state index in [1.807, 2.05) is 0 Å². The molecule has 0 aliphatic rings. The lowest BCUT2D eigenvalue weighted by Crippen LogP contribution is -1.98. The van der Waals surface area contributed by atoms with E-state index in [9.17, 15) is 9.18 Å². The number of benzene rings is 1. The second kappa shape index (κ2) is 3.77. The number of aromatic carboxylic acids is 1. The maximum Gasteiger partial charge on any atom is 0.356 e. The normalized spacial score (nSPS) is 10.4. The quantitative estimate of drug-likeness (QED) is 0.842. The zero-order valence-corrected chi connectivity index (χ0v) is 8.51. The maximum atomic E-state index is 13.3.